The number of para-hydroxylation sites is 2. The van der Waals surface area contributed by atoms with E-state index in [1.807, 2.05) is 31.2 Å². The first kappa shape index (κ1) is 23.9. The Morgan fingerprint density at radius 1 is 1.00 bits per heavy atom. The SMILES string of the molecule is Cc1ccccc1NC(=O)COc1ccc(Cl)cc1/C=C(\C#N)C(=O)Nc1ccccc1Cl. The van der Waals surface area contributed by atoms with Gasteiger partial charge < -0.3 is 15.4 Å². The summed E-state index contributed by atoms with van der Waals surface area (Å²) in [7, 11) is 0. The molecule has 6 nitrogen and oxygen atoms in total. The quantitative estimate of drug-likeness (QED) is 0.327. The van der Waals surface area contributed by atoms with Crippen molar-refractivity contribution in [2.75, 3.05) is 17.2 Å². The van der Waals surface area contributed by atoms with Gasteiger partial charge in [0.1, 0.15) is 17.4 Å². The van der Waals surface area contributed by atoms with Crippen molar-refractivity contribution in [2.24, 2.45) is 0 Å². The Morgan fingerprint density at radius 3 is 2.39 bits per heavy atom. The van der Waals surface area contributed by atoms with Crippen LogP contribution in [0, 0.1) is 18.3 Å². The summed E-state index contributed by atoms with van der Waals surface area (Å²) in [6, 6.07) is 20.6. The molecule has 0 atom stereocenters. The Labute approximate surface area is 201 Å². The van der Waals surface area contributed by atoms with Crippen molar-refractivity contribution in [3.63, 3.8) is 0 Å². The van der Waals surface area contributed by atoms with Crippen LogP contribution in [0.15, 0.2) is 72.3 Å². The van der Waals surface area contributed by atoms with Gasteiger partial charge in [0.2, 0.25) is 0 Å². The fourth-order valence-corrected chi connectivity index (χ4v) is 3.23. The number of nitriles is 1. The van der Waals surface area contributed by atoms with Gasteiger partial charge in [0.05, 0.1) is 10.7 Å². The summed E-state index contributed by atoms with van der Waals surface area (Å²) in [6.45, 7) is 1.61. The molecule has 33 heavy (non-hydrogen) atoms. The molecule has 0 heterocycles. The molecule has 0 spiro atoms. The third-order valence-electron chi connectivity index (χ3n) is 4.54. The minimum Gasteiger partial charge on any atom is -0.483 e. The molecule has 0 aliphatic rings. The van der Waals surface area contributed by atoms with E-state index in [4.69, 9.17) is 27.9 Å². The molecule has 3 aromatic rings. The van der Waals surface area contributed by atoms with E-state index in [9.17, 15) is 14.9 Å². The number of nitrogens with zero attached hydrogens (tertiary/aromatic N) is 1. The standard InChI is InChI=1S/C25H19Cl2N3O3/c1-16-6-2-4-8-21(16)29-24(31)15-33-23-11-10-19(26)13-17(23)12-18(14-28)25(32)30-22-9-5-3-7-20(22)27/h2-13H,15H2,1H3,(H,29,31)(H,30,32)/b18-12+. The van der Waals surface area contributed by atoms with Gasteiger partial charge in [-0.2, -0.15) is 5.26 Å². The van der Waals surface area contributed by atoms with Crippen molar-refractivity contribution in [3.05, 3.63) is 93.5 Å². The predicted octanol–water partition coefficient (Wildman–Crippen LogP) is 5.87. The molecule has 0 aromatic heterocycles. The van der Waals surface area contributed by atoms with E-state index in [1.165, 1.54) is 12.1 Å². The van der Waals surface area contributed by atoms with Crippen LogP contribution >= 0.6 is 23.2 Å². The molecule has 0 bridgehead atoms. The first-order valence-corrected chi connectivity index (χ1v) is 10.6. The van der Waals surface area contributed by atoms with Gasteiger partial charge in [0.25, 0.3) is 11.8 Å². The number of amides is 2. The molecule has 0 fully saturated rings. The number of nitrogens with one attached hydrogen (secondary N) is 2. The number of carbonyl (C=O) groups excluding carboxylic acids is 2. The molecular weight excluding hydrogens is 461 g/mol. The highest BCUT2D eigenvalue weighted by molar-refractivity contribution is 6.34. The molecule has 0 aliphatic carbocycles. The third kappa shape index (κ3) is 6.59. The highest BCUT2D eigenvalue weighted by Gasteiger charge is 2.14. The second-order valence-electron chi connectivity index (χ2n) is 6.94. The van der Waals surface area contributed by atoms with Crippen molar-refractivity contribution < 1.29 is 14.3 Å². The Balaban J connectivity index is 1.76. The van der Waals surface area contributed by atoms with E-state index in [0.717, 1.165) is 5.56 Å². The summed E-state index contributed by atoms with van der Waals surface area (Å²) >= 11 is 12.2. The summed E-state index contributed by atoms with van der Waals surface area (Å²) < 4.78 is 5.65. The van der Waals surface area contributed by atoms with Gasteiger partial charge in [-0.15, -0.1) is 0 Å². The molecule has 3 rings (SSSR count). The zero-order valence-electron chi connectivity index (χ0n) is 17.6. The molecule has 2 N–H and O–H groups in total. The van der Waals surface area contributed by atoms with Gasteiger partial charge in [-0.05, 0) is 55.0 Å². The average Bonchev–Trinajstić information content (AvgIpc) is 2.79. The molecule has 0 unspecified atom stereocenters. The zero-order chi connectivity index (χ0) is 23.8. The fraction of sp³-hybridized carbons (Fsp3) is 0.0800. The van der Waals surface area contributed by atoms with Crippen LogP contribution in [0.1, 0.15) is 11.1 Å². The van der Waals surface area contributed by atoms with Gasteiger partial charge in [-0.1, -0.05) is 53.5 Å². The monoisotopic (exact) mass is 479 g/mol. The number of halogens is 2. The summed E-state index contributed by atoms with van der Waals surface area (Å²) in [6.07, 6.45) is 1.34. The highest BCUT2D eigenvalue weighted by atomic mass is 35.5. The van der Waals surface area contributed by atoms with Gasteiger partial charge in [-0.3, -0.25) is 9.59 Å². The number of carbonyl (C=O) groups is 2. The maximum atomic E-state index is 12.6. The molecule has 166 valence electrons. The number of anilines is 2. The van der Waals surface area contributed by atoms with Gasteiger partial charge in [-0.25, -0.2) is 0 Å². The molecule has 8 heteroatoms. The average molecular weight is 480 g/mol. The summed E-state index contributed by atoms with van der Waals surface area (Å²) in [5.41, 5.74) is 2.17. The number of hydrogen-bond acceptors (Lipinski definition) is 4. The molecular formula is C25H19Cl2N3O3. The second kappa shape index (κ2) is 11.2. The first-order chi connectivity index (χ1) is 15.9. The normalized spacial score (nSPS) is 10.8. The van der Waals surface area contributed by atoms with Crippen molar-refractivity contribution in [3.8, 4) is 11.8 Å². The lowest BCUT2D eigenvalue weighted by Crippen LogP contribution is -2.21. The van der Waals surface area contributed by atoms with Crippen molar-refractivity contribution in [1.82, 2.24) is 0 Å². The lowest BCUT2D eigenvalue weighted by atomic mass is 10.1. The van der Waals surface area contributed by atoms with Crippen LogP contribution in [0.5, 0.6) is 5.75 Å². The van der Waals surface area contributed by atoms with Crippen LogP contribution in [0.25, 0.3) is 6.08 Å². The number of aryl methyl sites for hydroxylation is 1. The predicted molar refractivity (Wildman–Crippen MR) is 130 cm³/mol. The van der Waals surface area contributed by atoms with Crippen LogP contribution in [0.4, 0.5) is 11.4 Å². The number of benzene rings is 3. The van der Waals surface area contributed by atoms with Gasteiger partial charge in [0, 0.05) is 16.3 Å². The van der Waals surface area contributed by atoms with E-state index >= 15 is 0 Å². The van der Waals surface area contributed by atoms with Crippen molar-refractivity contribution >= 4 is 52.5 Å². The smallest absolute Gasteiger partial charge is 0.266 e. The maximum absolute atomic E-state index is 12.6. The molecule has 0 aliphatic heterocycles. The van der Waals surface area contributed by atoms with Gasteiger partial charge in [0.15, 0.2) is 6.61 Å². The summed E-state index contributed by atoms with van der Waals surface area (Å²) in [5.74, 6) is -0.711. The fourth-order valence-electron chi connectivity index (χ4n) is 2.86. The topological polar surface area (TPSA) is 91.2 Å². The molecule has 2 amide bonds. The Hall–Kier alpha value is -3.79. The summed E-state index contributed by atoms with van der Waals surface area (Å²) in [4.78, 5) is 24.9. The van der Waals surface area contributed by atoms with Crippen LogP contribution in [0.3, 0.4) is 0 Å². The molecule has 0 saturated carbocycles. The Morgan fingerprint density at radius 2 is 1.70 bits per heavy atom. The zero-order valence-corrected chi connectivity index (χ0v) is 19.1. The van der Waals surface area contributed by atoms with Crippen LogP contribution in [-0.2, 0) is 9.59 Å². The van der Waals surface area contributed by atoms with Crippen LogP contribution in [0.2, 0.25) is 10.0 Å². The van der Waals surface area contributed by atoms with E-state index < -0.39 is 5.91 Å². The van der Waals surface area contributed by atoms with E-state index in [1.54, 1.807) is 42.5 Å². The minimum absolute atomic E-state index is 0.189. The van der Waals surface area contributed by atoms with Crippen LogP contribution in [-0.4, -0.2) is 18.4 Å². The Bertz CT molecular complexity index is 1270. The number of rotatable bonds is 7. The van der Waals surface area contributed by atoms with Crippen molar-refractivity contribution in [2.45, 2.75) is 6.92 Å². The van der Waals surface area contributed by atoms with E-state index in [2.05, 4.69) is 10.6 Å². The largest absolute Gasteiger partial charge is 0.483 e. The second-order valence-corrected chi connectivity index (χ2v) is 7.78. The van der Waals surface area contributed by atoms with Crippen molar-refractivity contribution in [1.29, 1.82) is 5.26 Å². The number of hydrogen-bond donors (Lipinski definition) is 2. The Kier molecular flexibility index (Phi) is 8.09. The van der Waals surface area contributed by atoms with E-state index in [0.29, 0.717) is 27.0 Å². The minimum atomic E-state index is -0.645. The summed E-state index contributed by atoms with van der Waals surface area (Å²) in [5, 5.41) is 15.6. The lowest BCUT2D eigenvalue weighted by Gasteiger charge is -2.12. The third-order valence-corrected chi connectivity index (χ3v) is 5.10. The van der Waals surface area contributed by atoms with Gasteiger partial charge >= 0.3 is 0 Å². The molecule has 3 aromatic carbocycles. The maximum Gasteiger partial charge on any atom is 0.266 e. The first-order valence-electron chi connectivity index (χ1n) is 9.83. The molecule has 0 saturated heterocycles. The highest BCUT2D eigenvalue weighted by Crippen LogP contribution is 2.26. The lowest BCUT2D eigenvalue weighted by molar-refractivity contribution is -0.118. The molecule has 0 radical (unpaired) electrons. The van der Waals surface area contributed by atoms with E-state index in [-0.39, 0.29) is 23.8 Å². The van der Waals surface area contributed by atoms with Crippen LogP contribution < -0.4 is 15.4 Å². The number of ether oxygens (including phenoxy) is 1.